The van der Waals surface area contributed by atoms with E-state index in [1.54, 1.807) is 5.57 Å². The number of fused-ring (bicyclic) bond motifs is 5. The number of ether oxygens (including phenoxy) is 2. The molecule has 0 aromatic rings. The normalized spacial score (nSPS) is 50.1. The Kier molecular flexibility index (Phi) is 3.45. The molecule has 3 saturated carbocycles. The van der Waals surface area contributed by atoms with Crippen LogP contribution in [0.25, 0.3) is 0 Å². The van der Waals surface area contributed by atoms with Gasteiger partial charge >= 0.3 is 0 Å². The van der Waals surface area contributed by atoms with Crippen LogP contribution in [0.5, 0.6) is 0 Å². The SMILES string of the molecule is CC1(C)C2=CC[C@H]3[C@@H]4CCC[C@@]4(C)CC[C@@H]3[C@@]2(C)CCC12OCCO2. The molecule has 5 atom stereocenters. The fraction of sp³-hybridized carbons (Fsp3) is 0.913. The van der Waals surface area contributed by atoms with E-state index in [4.69, 9.17) is 9.47 Å². The molecule has 4 fully saturated rings. The van der Waals surface area contributed by atoms with E-state index in [9.17, 15) is 0 Å². The van der Waals surface area contributed by atoms with Crippen LogP contribution >= 0.6 is 0 Å². The maximum Gasteiger partial charge on any atom is 0.177 e. The molecular weight excluding hydrogens is 308 g/mol. The number of allylic oxidation sites excluding steroid dienone is 1. The van der Waals surface area contributed by atoms with Gasteiger partial charge in [-0.15, -0.1) is 0 Å². The first-order chi connectivity index (χ1) is 11.8. The molecule has 5 rings (SSSR count). The van der Waals surface area contributed by atoms with Crippen molar-refractivity contribution in [1.29, 1.82) is 0 Å². The Morgan fingerprint density at radius 1 is 0.880 bits per heavy atom. The molecule has 0 aromatic carbocycles. The van der Waals surface area contributed by atoms with E-state index in [1.807, 2.05) is 0 Å². The predicted molar refractivity (Wildman–Crippen MR) is 100 cm³/mol. The van der Waals surface area contributed by atoms with Crippen LogP contribution in [0.15, 0.2) is 11.6 Å². The summed E-state index contributed by atoms with van der Waals surface area (Å²) in [6.45, 7) is 11.5. The minimum atomic E-state index is -0.359. The molecule has 1 saturated heterocycles. The molecule has 0 unspecified atom stereocenters. The Morgan fingerprint density at radius 3 is 2.40 bits per heavy atom. The molecule has 5 aliphatic rings. The fourth-order valence-electron chi connectivity index (χ4n) is 8.28. The van der Waals surface area contributed by atoms with Crippen molar-refractivity contribution in [3.63, 3.8) is 0 Å². The zero-order valence-corrected chi connectivity index (χ0v) is 16.7. The van der Waals surface area contributed by atoms with Crippen molar-refractivity contribution in [3.05, 3.63) is 11.6 Å². The lowest BCUT2D eigenvalue weighted by Gasteiger charge is -2.62. The van der Waals surface area contributed by atoms with Crippen molar-refractivity contribution in [2.24, 2.45) is 34.0 Å². The zero-order chi connectivity index (χ0) is 17.5. The average Bonchev–Trinajstić information content (AvgIpc) is 3.19. The molecule has 0 aromatic heterocycles. The topological polar surface area (TPSA) is 18.5 Å². The van der Waals surface area contributed by atoms with Crippen LogP contribution in [0.2, 0.25) is 0 Å². The van der Waals surface area contributed by atoms with Crippen molar-refractivity contribution in [1.82, 2.24) is 0 Å². The van der Waals surface area contributed by atoms with Gasteiger partial charge in [0.2, 0.25) is 0 Å². The summed E-state index contributed by atoms with van der Waals surface area (Å²) in [5, 5.41) is 0. The predicted octanol–water partition coefficient (Wildman–Crippen LogP) is 5.72. The highest BCUT2D eigenvalue weighted by Crippen LogP contribution is 2.69. The van der Waals surface area contributed by atoms with Crippen molar-refractivity contribution < 1.29 is 9.47 Å². The third-order valence-electron chi connectivity index (χ3n) is 9.60. The van der Waals surface area contributed by atoms with Gasteiger partial charge in [-0.05, 0) is 67.1 Å². The maximum atomic E-state index is 6.25. The van der Waals surface area contributed by atoms with Gasteiger partial charge in [0.05, 0.1) is 13.2 Å². The molecule has 1 heterocycles. The lowest BCUT2D eigenvalue weighted by Crippen LogP contribution is -2.59. The summed E-state index contributed by atoms with van der Waals surface area (Å²) >= 11 is 0. The molecule has 0 amide bonds. The molecule has 1 aliphatic heterocycles. The molecule has 2 heteroatoms. The van der Waals surface area contributed by atoms with E-state index in [-0.39, 0.29) is 11.2 Å². The minimum Gasteiger partial charge on any atom is -0.347 e. The monoisotopic (exact) mass is 344 g/mol. The van der Waals surface area contributed by atoms with E-state index in [1.165, 1.54) is 44.9 Å². The minimum absolute atomic E-state index is 0.00209. The van der Waals surface area contributed by atoms with Gasteiger partial charge in [-0.25, -0.2) is 0 Å². The third-order valence-corrected chi connectivity index (χ3v) is 9.60. The van der Waals surface area contributed by atoms with E-state index in [0.29, 0.717) is 10.8 Å². The fourth-order valence-corrected chi connectivity index (χ4v) is 8.28. The van der Waals surface area contributed by atoms with Gasteiger partial charge < -0.3 is 9.47 Å². The van der Waals surface area contributed by atoms with Crippen molar-refractivity contribution in [3.8, 4) is 0 Å². The molecule has 0 bridgehead atoms. The highest BCUT2D eigenvalue weighted by atomic mass is 16.7. The van der Waals surface area contributed by atoms with Crippen LogP contribution in [0.1, 0.15) is 79.1 Å². The standard InChI is InChI=1S/C23H36O2/c1-20(2)19-8-7-16-17-6-5-10-21(17,3)11-9-18(16)22(19,4)12-13-23(20)24-14-15-25-23/h8,16-18H,5-7,9-15H2,1-4H3/t16-,17-,18-,21-,22+/m0/s1. The Labute approximate surface area is 153 Å². The van der Waals surface area contributed by atoms with E-state index < -0.39 is 0 Å². The second kappa shape index (κ2) is 5.13. The van der Waals surface area contributed by atoms with Crippen LogP contribution in [0.3, 0.4) is 0 Å². The third kappa shape index (κ3) is 1.99. The first-order valence-corrected chi connectivity index (χ1v) is 10.8. The van der Waals surface area contributed by atoms with E-state index in [2.05, 4.69) is 33.8 Å². The number of hydrogen-bond acceptors (Lipinski definition) is 2. The molecule has 0 N–H and O–H groups in total. The maximum absolute atomic E-state index is 6.25. The number of hydrogen-bond donors (Lipinski definition) is 0. The van der Waals surface area contributed by atoms with E-state index in [0.717, 1.165) is 37.4 Å². The Bertz CT molecular complexity index is 599. The summed E-state index contributed by atoms with van der Waals surface area (Å²) in [5.74, 6) is 2.41. The van der Waals surface area contributed by atoms with Gasteiger partial charge in [0.1, 0.15) is 0 Å². The van der Waals surface area contributed by atoms with Crippen LogP contribution in [0, 0.1) is 34.0 Å². The summed E-state index contributed by atoms with van der Waals surface area (Å²) in [6.07, 6.45) is 13.6. The molecule has 140 valence electrons. The van der Waals surface area contributed by atoms with Gasteiger partial charge in [-0.2, -0.15) is 0 Å². The first kappa shape index (κ1) is 16.8. The van der Waals surface area contributed by atoms with Gasteiger partial charge in [0.15, 0.2) is 5.79 Å². The summed E-state index contributed by atoms with van der Waals surface area (Å²) in [7, 11) is 0. The van der Waals surface area contributed by atoms with Gasteiger partial charge in [0.25, 0.3) is 0 Å². The van der Waals surface area contributed by atoms with Crippen LogP contribution < -0.4 is 0 Å². The molecular formula is C23H36O2. The van der Waals surface area contributed by atoms with Crippen LogP contribution in [0.4, 0.5) is 0 Å². The summed E-state index contributed by atoms with van der Waals surface area (Å²) in [4.78, 5) is 0. The Morgan fingerprint density at radius 2 is 1.64 bits per heavy atom. The summed E-state index contributed by atoms with van der Waals surface area (Å²) in [5.41, 5.74) is 2.66. The lowest BCUT2D eigenvalue weighted by molar-refractivity contribution is -0.246. The van der Waals surface area contributed by atoms with Gasteiger partial charge in [-0.1, -0.05) is 45.8 Å². The molecule has 25 heavy (non-hydrogen) atoms. The summed E-state index contributed by atoms with van der Waals surface area (Å²) < 4.78 is 12.5. The highest BCUT2D eigenvalue weighted by Gasteiger charge is 2.64. The van der Waals surface area contributed by atoms with Crippen molar-refractivity contribution >= 4 is 0 Å². The molecule has 1 spiro atoms. The van der Waals surface area contributed by atoms with Crippen LogP contribution in [-0.4, -0.2) is 19.0 Å². The lowest BCUT2D eigenvalue weighted by atomic mass is 9.44. The molecule has 2 nitrogen and oxygen atoms in total. The van der Waals surface area contributed by atoms with Crippen molar-refractivity contribution in [2.75, 3.05) is 13.2 Å². The average molecular weight is 345 g/mol. The Hall–Kier alpha value is -0.340. The van der Waals surface area contributed by atoms with E-state index >= 15 is 0 Å². The largest absolute Gasteiger partial charge is 0.347 e. The van der Waals surface area contributed by atoms with Crippen molar-refractivity contribution in [2.45, 2.75) is 84.8 Å². The summed E-state index contributed by atoms with van der Waals surface area (Å²) in [6, 6.07) is 0. The quantitative estimate of drug-likeness (QED) is 0.523. The van der Waals surface area contributed by atoms with Gasteiger partial charge in [0, 0.05) is 11.8 Å². The first-order valence-electron chi connectivity index (χ1n) is 10.8. The highest BCUT2D eigenvalue weighted by molar-refractivity contribution is 5.33. The second-order valence-corrected chi connectivity index (χ2v) is 10.8. The number of rotatable bonds is 0. The second-order valence-electron chi connectivity index (χ2n) is 10.8. The molecule has 0 radical (unpaired) electrons. The Balaban J connectivity index is 1.54. The zero-order valence-electron chi connectivity index (χ0n) is 16.7. The molecule has 4 aliphatic carbocycles. The smallest absolute Gasteiger partial charge is 0.177 e. The van der Waals surface area contributed by atoms with Crippen LogP contribution in [-0.2, 0) is 9.47 Å². The van der Waals surface area contributed by atoms with Gasteiger partial charge in [-0.3, -0.25) is 0 Å².